The zero-order valence-electron chi connectivity index (χ0n) is 16.1. The number of aryl methyl sites for hydroxylation is 1. The minimum absolute atomic E-state index is 0.0569. The first kappa shape index (κ1) is 18.3. The normalized spacial score (nSPS) is 21.4. The smallest absolute Gasteiger partial charge is 0.235 e. The number of nitrogens with zero attached hydrogens (tertiary/aromatic N) is 3. The van der Waals surface area contributed by atoms with Gasteiger partial charge in [0.25, 0.3) is 0 Å². The predicted octanol–water partition coefficient (Wildman–Crippen LogP) is 2.47. The van der Waals surface area contributed by atoms with E-state index >= 15 is 0 Å². The Morgan fingerprint density at radius 1 is 1.44 bits per heavy atom. The summed E-state index contributed by atoms with van der Waals surface area (Å²) in [5.74, 6) is 2.51. The van der Waals surface area contributed by atoms with E-state index in [0.29, 0.717) is 5.92 Å². The third kappa shape index (κ3) is 3.41. The number of ether oxygens (including phenoxy) is 1. The number of benzene rings is 1. The van der Waals surface area contributed by atoms with Gasteiger partial charge in [0.2, 0.25) is 10.8 Å². The molecule has 1 saturated heterocycles. The molecule has 0 radical (unpaired) electrons. The van der Waals surface area contributed by atoms with Gasteiger partial charge in [-0.25, -0.2) is 4.98 Å². The predicted molar refractivity (Wildman–Crippen MR) is 106 cm³/mol. The first-order valence-electron chi connectivity index (χ1n) is 9.66. The van der Waals surface area contributed by atoms with Crippen LogP contribution in [-0.2, 0) is 6.42 Å². The molecule has 1 aliphatic heterocycles. The van der Waals surface area contributed by atoms with E-state index in [1.54, 1.807) is 23.0 Å². The minimum atomic E-state index is 0.0569. The SMILES string of the molecule is CCc1nc2sc([C@H](c3cccc(OC)c3)[NH+]3CCC[C@H](C)C3)c(O)n2n1. The topological polar surface area (TPSA) is 64.1 Å². The molecule has 1 fully saturated rings. The van der Waals surface area contributed by atoms with Crippen LogP contribution in [0.2, 0.25) is 0 Å². The first-order valence-corrected chi connectivity index (χ1v) is 10.5. The van der Waals surface area contributed by atoms with Crippen molar-refractivity contribution >= 4 is 16.3 Å². The van der Waals surface area contributed by atoms with E-state index in [0.717, 1.165) is 46.5 Å². The fraction of sp³-hybridized carbons (Fsp3) is 0.500. The van der Waals surface area contributed by atoms with Crippen LogP contribution in [0.25, 0.3) is 4.96 Å². The van der Waals surface area contributed by atoms with Crippen molar-refractivity contribution in [2.24, 2.45) is 5.92 Å². The van der Waals surface area contributed by atoms with Gasteiger partial charge in [0, 0.05) is 17.9 Å². The number of thiazole rings is 1. The van der Waals surface area contributed by atoms with E-state index in [2.05, 4.69) is 29.1 Å². The Bertz CT molecular complexity index is 935. The summed E-state index contributed by atoms with van der Waals surface area (Å²) in [5.41, 5.74) is 1.16. The number of quaternary nitrogens is 1. The van der Waals surface area contributed by atoms with Crippen LogP contribution in [0, 0.1) is 5.92 Å². The lowest BCUT2D eigenvalue weighted by Crippen LogP contribution is -3.13. The molecule has 3 atom stereocenters. The third-order valence-electron chi connectivity index (χ3n) is 5.46. The van der Waals surface area contributed by atoms with E-state index in [4.69, 9.17) is 4.74 Å². The zero-order valence-corrected chi connectivity index (χ0v) is 16.9. The highest BCUT2D eigenvalue weighted by molar-refractivity contribution is 7.17. The van der Waals surface area contributed by atoms with Gasteiger partial charge in [-0.15, -0.1) is 5.10 Å². The van der Waals surface area contributed by atoms with Crippen molar-refractivity contribution in [3.63, 3.8) is 0 Å². The van der Waals surface area contributed by atoms with Gasteiger partial charge in [0.1, 0.15) is 10.6 Å². The van der Waals surface area contributed by atoms with Gasteiger partial charge in [-0.3, -0.25) is 0 Å². The molecule has 3 heterocycles. The van der Waals surface area contributed by atoms with Crippen molar-refractivity contribution in [2.75, 3.05) is 20.2 Å². The quantitative estimate of drug-likeness (QED) is 0.706. The van der Waals surface area contributed by atoms with E-state index in [-0.39, 0.29) is 11.9 Å². The zero-order chi connectivity index (χ0) is 19.0. The van der Waals surface area contributed by atoms with Gasteiger partial charge >= 0.3 is 0 Å². The standard InChI is InChI=1S/C20H26N4O2S/c1-4-16-21-20-24(22-16)19(25)18(27-20)17(23-10-6-7-13(2)12-23)14-8-5-9-15(11-14)26-3/h5,8-9,11,13,17,25H,4,6-7,10,12H2,1-3H3/p+1/t13-,17-/m0/s1. The Labute approximate surface area is 163 Å². The van der Waals surface area contributed by atoms with Crippen LogP contribution in [0.3, 0.4) is 0 Å². The maximum atomic E-state index is 11.0. The van der Waals surface area contributed by atoms with Crippen LogP contribution < -0.4 is 9.64 Å². The largest absolute Gasteiger partial charge is 0.497 e. The second-order valence-electron chi connectivity index (χ2n) is 7.44. The summed E-state index contributed by atoms with van der Waals surface area (Å²) in [5, 5.41) is 15.4. The van der Waals surface area contributed by atoms with Crippen molar-refractivity contribution in [3.05, 3.63) is 40.5 Å². The lowest BCUT2D eigenvalue weighted by molar-refractivity contribution is -0.933. The molecule has 0 aliphatic carbocycles. The maximum Gasteiger partial charge on any atom is 0.235 e. The molecule has 1 aliphatic rings. The number of rotatable bonds is 5. The number of aromatic nitrogens is 3. The molecule has 2 aromatic heterocycles. The highest BCUT2D eigenvalue weighted by Gasteiger charge is 2.35. The Balaban J connectivity index is 1.81. The molecule has 1 aromatic carbocycles. The molecule has 3 aromatic rings. The molecule has 7 heteroatoms. The molecule has 144 valence electrons. The molecule has 0 spiro atoms. The van der Waals surface area contributed by atoms with Gasteiger partial charge in [-0.05, 0) is 25.0 Å². The maximum absolute atomic E-state index is 11.0. The summed E-state index contributed by atoms with van der Waals surface area (Å²) < 4.78 is 7.05. The Hall–Kier alpha value is -2.12. The summed E-state index contributed by atoms with van der Waals surface area (Å²) >= 11 is 1.55. The third-order valence-corrected chi connectivity index (χ3v) is 6.55. The van der Waals surface area contributed by atoms with Gasteiger partial charge in [-0.1, -0.05) is 37.3 Å². The van der Waals surface area contributed by atoms with Crippen LogP contribution in [0.1, 0.15) is 49.0 Å². The van der Waals surface area contributed by atoms with Crippen molar-refractivity contribution in [3.8, 4) is 11.6 Å². The summed E-state index contributed by atoms with van der Waals surface area (Å²) in [6.07, 6.45) is 3.24. The van der Waals surface area contributed by atoms with Crippen LogP contribution in [-0.4, -0.2) is 39.9 Å². The van der Waals surface area contributed by atoms with Crippen LogP contribution in [0.5, 0.6) is 11.6 Å². The van der Waals surface area contributed by atoms with Gasteiger partial charge in [0.05, 0.1) is 20.2 Å². The van der Waals surface area contributed by atoms with Crippen LogP contribution in [0.4, 0.5) is 0 Å². The number of methoxy groups -OCH3 is 1. The lowest BCUT2D eigenvalue weighted by Gasteiger charge is -2.34. The Kier molecular flexibility index (Phi) is 5.06. The highest BCUT2D eigenvalue weighted by atomic mass is 32.1. The number of piperidine rings is 1. The van der Waals surface area contributed by atoms with Crippen LogP contribution in [0.15, 0.2) is 24.3 Å². The lowest BCUT2D eigenvalue weighted by atomic mass is 9.95. The van der Waals surface area contributed by atoms with E-state index in [9.17, 15) is 5.11 Å². The molecule has 0 bridgehead atoms. The fourth-order valence-corrected chi connectivity index (χ4v) is 5.27. The van der Waals surface area contributed by atoms with E-state index in [1.165, 1.54) is 17.7 Å². The van der Waals surface area contributed by atoms with E-state index < -0.39 is 0 Å². The van der Waals surface area contributed by atoms with E-state index in [1.807, 2.05) is 19.1 Å². The molecular formula is C20H27N4O2S+. The number of aromatic hydroxyl groups is 1. The number of likely N-dealkylation sites (tertiary alicyclic amines) is 1. The molecular weight excluding hydrogens is 360 g/mol. The van der Waals surface area contributed by atoms with Crippen molar-refractivity contribution in [2.45, 2.75) is 39.2 Å². The minimum Gasteiger partial charge on any atom is -0.497 e. The van der Waals surface area contributed by atoms with Crippen molar-refractivity contribution in [1.82, 2.24) is 14.6 Å². The Morgan fingerprint density at radius 3 is 3.00 bits per heavy atom. The summed E-state index contributed by atoms with van der Waals surface area (Å²) in [6, 6.07) is 8.26. The number of hydrogen-bond donors (Lipinski definition) is 2. The highest BCUT2D eigenvalue weighted by Crippen LogP contribution is 2.36. The second-order valence-corrected chi connectivity index (χ2v) is 8.44. The molecule has 1 unspecified atom stereocenters. The van der Waals surface area contributed by atoms with Gasteiger partial charge in [0.15, 0.2) is 11.9 Å². The average molecular weight is 388 g/mol. The number of nitrogens with one attached hydrogen (secondary N) is 1. The molecule has 27 heavy (non-hydrogen) atoms. The first-order chi connectivity index (χ1) is 13.1. The number of hydrogen-bond acceptors (Lipinski definition) is 5. The average Bonchev–Trinajstić information content (AvgIpc) is 3.22. The summed E-state index contributed by atoms with van der Waals surface area (Å²) in [7, 11) is 1.69. The molecule has 0 saturated carbocycles. The van der Waals surface area contributed by atoms with Gasteiger partial charge in [-0.2, -0.15) is 4.52 Å². The molecule has 0 amide bonds. The molecule has 2 N–H and O–H groups in total. The fourth-order valence-electron chi connectivity index (χ4n) is 4.11. The Morgan fingerprint density at radius 2 is 2.30 bits per heavy atom. The second kappa shape index (κ2) is 7.48. The van der Waals surface area contributed by atoms with Crippen molar-refractivity contribution < 1.29 is 14.7 Å². The number of fused-ring (bicyclic) bond motifs is 1. The summed E-state index contributed by atoms with van der Waals surface area (Å²) in [6.45, 7) is 6.53. The molecule has 4 rings (SSSR count). The monoisotopic (exact) mass is 387 g/mol. The molecule has 6 nitrogen and oxygen atoms in total. The van der Waals surface area contributed by atoms with Gasteiger partial charge < -0.3 is 14.7 Å². The summed E-state index contributed by atoms with van der Waals surface area (Å²) in [4.78, 5) is 7.74. The van der Waals surface area contributed by atoms with Crippen molar-refractivity contribution in [1.29, 1.82) is 0 Å². The van der Waals surface area contributed by atoms with Crippen LogP contribution >= 0.6 is 11.3 Å².